The minimum absolute atomic E-state index is 0.241. The second-order valence-electron chi connectivity index (χ2n) is 9.59. The molecule has 184 valence electrons. The minimum Gasteiger partial charge on any atom is -0.206 e. The van der Waals surface area contributed by atoms with Crippen molar-refractivity contribution >= 4 is 12.2 Å². The first kappa shape index (κ1) is 24.9. The van der Waals surface area contributed by atoms with E-state index in [4.69, 9.17) is 5.26 Å². The van der Waals surface area contributed by atoms with Crippen LogP contribution in [0.5, 0.6) is 0 Å². The van der Waals surface area contributed by atoms with Gasteiger partial charge in [-0.3, -0.25) is 0 Å². The first-order valence-corrected chi connectivity index (χ1v) is 12.8. The van der Waals surface area contributed by atoms with Gasteiger partial charge in [0, 0.05) is 5.56 Å². The lowest BCUT2D eigenvalue weighted by molar-refractivity contribution is 0.625. The highest BCUT2D eigenvalue weighted by molar-refractivity contribution is 5.74. The van der Waals surface area contributed by atoms with Gasteiger partial charge in [0.1, 0.15) is 5.82 Å². The van der Waals surface area contributed by atoms with Gasteiger partial charge in [-0.2, -0.15) is 5.26 Å². The van der Waals surface area contributed by atoms with E-state index in [0.29, 0.717) is 17.0 Å². The Balaban J connectivity index is 1.24. The van der Waals surface area contributed by atoms with Crippen molar-refractivity contribution < 1.29 is 4.39 Å². The van der Waals surface area contributed by atoms with Gasteiger partial charge < -0.3 is 0 Å². The van der Waals surface area contributed by atoms with Crippen molar-refractivity contribution in [3.05, 3.63) is 155 Å². The molecule has 0 saturated heterocycles. The smallest absolute Gasteiger partial charge is 0.131 e. The molecule has 5 aromatic rings. The van der Waals surface area contributed by atoms with Gasteiger partial charge >= 0.3 is 0 Å². The van der Waals surface area contributed by atoms with Gasteiger partial charge in [0.05, 0.1) is 11.6 Å². The predicted molar refractivity (Wildman–Crippen MR) is 156 cm³/mol. The van der Waals surface area contributed by atoms with Crippen LogP contribution in [0.1, 0.15) is 40.7 Å². The monoisotopic (exact) mass is 493 g/mol. The fourth-order valence-corrected chi connectivity index (χ4v) is 4.64. The molecule has 1 atom stereocenters. The van der Waals surface area contributed by atoms with E-state index in [9.17, 15) is 4.39 Å². The molecule has 5 aromatic carbocycles. The fraction of sp³-hybridized carbons (Fsp3) is 0.0833. The van der Waals surface area contributed by atoms with Crippen molar-refractivity contribution in [2.24, 2.45) is 0 Å². The Kier molecular flexibility index (Phi) is 7.57. The van der Waals surface area contributed by atoms with E-state index in [1.807, 2.05) is 78.9 Å². The zero-order valence-corrected chi connectivity index (χ0v) is 21.3. The highest BCUT2D eigenvalue weighted by Gasteiger charge is 2.08. The quantitative estimate of drug-likeness (QED) is 0.207. The van der Waals surface area contributed by atoms with Crippen LogP contribution < -0.4 is 0 Å². The molecule has 0 heterocycles. The van der Waals surface area contributed by atoms with E-state index in [1.54, 1.807) is 6.07 Å². The first-order chi connectivity index (χ1) is 18.6. The summed E-state index contributed by atoms with van der Waals surface area (Å²) in [5, 5.41) is 8.97. The number of nitrogens with zero attached hydrogens (tertiary/aromatic N) is 1. The highest BCUT2D eigenvalue weighted by atomic mass is 19.1. The van der Waals surface area contributed by atoms with Crippen molar-refractivity contribution in [1.29, 1.82) is 5.26 Å². The summed E-state index contributed by atoms with van der Waals surface area (Å²) in [6, 6.07) is 42.1. The van der Waals surface area contributed by atoms with Crippen molar-refractivity contribution in [2.75, 3.05) is 0 Å². The molecule has 0 saturated carbocycles. The minimum atomic E-state index is -0.241. The van der Waals surface area contributed by atoms with E-state index < -0.39 is 0 Å². The standard InChI is InChI=1S/C36H28FN/c1-26(30-5-3-2-4-6-30)23-28-10-16-33(17-11-28)35-22-21-34(36(37)24-35)20-9-27-7-14-31(15-8-27)32-18-12-29(25-38)13-19-32/h2-22,24,26H,23H2,1H3/b20-9+. The Morgan fingerprint density at radius 3 is 1.89 bits per heavy atom. The summed E-state index contributed by atoms with van der Waals surface area (Å²) in [6.07, 6.45) is 4.70. The summed E-state index contributed by atoms with van der Waals surface area (Å²) in [6.45, 7) is 2.24. The van der Waals surface area contributed by atoms with E-state index in [0.717, 1.165) is 34.2 Å². The van der Waals surface area contributed by atoms with Crippen LogP contribution in [0.2, 0.25) is 0 Å². The lowest BCUT2D eigenvalue weighted by atomic mass is 9.93. The van der Waals surface area contributed by atoms with Crippen LogP contribution in [-0.4, -0.2) is 0 Å². The van der Waals surface area contributed by atoms with E-state index in [2.05, 4.69) is 61.5 Å². The SMILES string of the molecule is CC(Cc1ccc(-c2ccc(/C=C/c3ccc(-c4ccc(C#N)cc4)cc3)c(F)c2)cc1)c1ccccc1. The Bertz CT molecular complexity index is 1570. The zero-order valence-electron chi connectivity index (χ0n) is 21.3. The highest BCUT2D eigenvalue weighted by Crippen LogP contribution is 2.26. The lowest BCUT2D eigenvalue weighted by Gasteiger charge is -2.12. The molecule has 5 rings (SSSR count). The average molecular weight is 494 g/mol. The van der Waals surface area contributed by atoms with Gasteiger partial charge in [0.2, 0.25) is 0 Å². The normalized spacial score (nSPS) is 11.8. The van der Waals surface area contributed by atoms with Gasteiger partial charge in [-0.05, 0) is 69.5 Å². The summed E-state index contributed by atoms with van der Waals surface area (Å²) in [5.41, 5.74) is 8.81. The molecule has 0 bridgehead atoms. The molecule has 0 spiro atoms. The van der Waals surface area contributed by atoms with Crippen molar-refractivity contribution in [3.63, 3.8) is 0 Å². The number of nitriles is 1. The van der Waals surface area contributed by atoms with Gasteiger partial charge in [0.15, 0.2) is 0 Å². The maximum Gasteiger partial charge on any atom is 0.131 e. The van der Waals surface area contributed by atoms with Crippen LogP contribution in [-0.2, 0) is 6.42 Å². The zero-order chi connectivity index (χ0) is 26.3. The maximum atomic E-state index is 15.0. The van der Waals surface area contributed by atoms with Gasteiger partial charge in [0.25, 0.3) is 0 Å². The number of hydrogen-bond donors (Lipinski definition) is 0. The van der Waals surface area contributed by atoms with Crippen LogP contribution in [0.25, 0.3) is 34.4 Å². The van der Waals surface area contributed by atoms with E-state index in [1.165, 1.54) is 11.1 Å². The third-order valence-electron chi connectivity index (χ3n) is 6.91. The molecule has 38 heavy (non-hydrogen) atoms. The fourth-order valence-electron chi connectivity index (χ4n) is 4.64. The number of halogens is 1. The third-order valence-corrected chi connectivity index (χ3v) is 6.91. The molecule has 2 heteroatoms. The predicted octanol–water partition coefficient (Wildman–Crippen LogP) is 9.55. The molecule has 0 aliphatic heterocycles. The molecule has 0 aromatic heterocycles. The second kappa shape index (κ2) is 11.5. The molecule has 0 amide bonds. The molecular weight excluding hydrogens is 465 g/mol. The molecule has 1 nitrogen and oxygen atoms in total. The van der Waals surface area contributed by atoms with Crippen molar-refractivity contribution in [2.45, 2.75) is 19.3 Å². The average Bonchev–Trinajstić information content (AvgIpc) is 2.98. The number of rotatable bonds is 7. The Morgan fingerprint density at radius 2 is 1.26 bits per heavy atom. The Hall–Kier alpha value is -4.74. The maximum absolute atomic E-state index is 15.0. The molecule has 0 fully saturated rings. The molecular formula is C36H28FN. The number of hydrogen-bond acceptors (Lipinski definition) is 1. The summed E-state index contributed by atoms with van der Waals surface area (Å²) in [5.74, 6) is 0.201. The van der Waals surface area contributed by atoms with Crippen molar-refractivity contribution in [1.82, 2.24) is 0 Å². The van der Waals surface area contributed by atoms with Crippen LogP contribution in [0.3, 0.4) is 0 Å². The van der Waals surface area contributed by atoms with Crippen LogP contribution >= 0.6 is 0 Å². The largest absolute Gasteiger partial charge is 0.206 e. The molecule has 0 aliphatic carbocycles. The topological polar surface area (TPSA) is 23.8 Å². The molecule has 1 unspecified atom stereocenters. The summed E-state index contributed by atoms with van der Waals surface area (Å²) in [4.78, 5) is 0. The Morgan fingerprint density at radius 1 is 0.684 bits per heavy atom. The summed E-state index contributed by atoms with van der Waals surface area (Å²) in [7, 11) is 0. The van der Waals surface area contributed by atoms with Crippen LogP contribution in [0, 0.1) is 17.1 Å². The number of benzene rings is 5. The second-order valence-corrected chi connectivity index (χ2v) is 9.59. The van der Waals surface area contributed by atoms with E-state index >= 15 is 0 Å². The van der Waals surface area contributed by atoms with Crippen molar-refractivity contribution in [3.8, 4) is 28.3 Å². The molecule has 0 aliphatic rings. The molecule has 0 radical (unpaired) electrons. The van der Waals surface area contributed by atoms with Crippen LogP contribution in [0.15, 0.2) is 121 Å². The molecule has 0 N–H and O–H groups in total. The summed E-state index contributed by atoms with van der Waals surface area (Å²) >= 11 is 0. The van der Waals surface area contributed by atoms with Crippen LogP contribution in [0.4, 0.5) is 4.39 Å². The summed E-state index contributed by atoms with van der Waals surface area (Å²) < 4.78 is 15.0. The lowest BCUT2D eigenvalue weighted by Crippen LogP contribution is -1.98. The third kappa shape index (κ3) is 5.97. The van der Waals surface area contributed by atoms with Gasteiger partial charge in [-0.1, -0.05) is 122 Å². The first-order valence-electron chi connectivity index (χ1n) is 12.8. The van der Waals surface area contributed by atoms with Gasteiger partial charge in [-0.15, -0.1) is 0 Å². The Labute approximate surface area is 224 Å². The van der Waals surface area contributed by atoms with Gasteiger partial charge in [-0.25, -0.2) is 4.39 Å². The van der Waals surface area contributed by atoms with E-state index in [-0.39, 0.29) is 5.82 Å².